The van der Waals surface area contributed by atoms with E-state index in [1.807, 2.05) is 0 Å². The van der Waals surface area contributed by atoms with E-state index in [1.165, 1.54) is 33.0 Å². The minimum absolute atomic E-state index is 0.0592. The Labute approximate surface area is 264 Å². The van der Waals surface area contributed by atoms with Crippen LogP contribution >= 0.6 is 0 Å². The fourth-order valence-electron chi connectivity index (χ4n) is 3.78. The third-order valence-corrected chi connectivity index (χ3v) is 6.28. The molecule has 0 bridgehead atoms. The van der Waals surface area contributed by atoms with E-state index in [2.05, 4.69) is 22.5 Å². The van der Waals surface area contributed by atoms with Gasteiger partial charge in [-0.2, -0.15) is 0 Å². The number of alkyl carbamates (subject to hydrolysis) is 1. The highest BCUT2D eigenvalue weighted by Crippen LogP contribution is 2.14. The summed E-state index contributed by atoms with van der Waals surface area (Å²) in [4.78, 5) is 89.8. The zero-order chi connectivity index (χ0) is 35.1. The summed E-state index contributed by atoms with van der Waals surface area (Å²) < 4.78 is 19.7. The summed E-state index contributed by atoms with van der Waals surface area (Å²) in [5.74, 6) is -6.26. The van der Waals surface area contributed by atoms with Gasteiger partial charge in [0.2, 0.25) is 11.8 Å². The van der Waals surface area contributed by atoms with Crippen LogP contribution in [0.2, 0.25) is 0 Å². The van der Waals surface area contributed by atoms with Crippen LogP contribution in [0.1, 0.15) is 61.3 Å². The molecule has 4 atom stereocenters. The molecule has 0 heterocycles. The highest BCUT2D eigenvalue weighted by atomic mass is 16.6. The summed E-state index contributed by atoms with van der Waals surface area (Å²) in [6.45, 7) is 14.6. The average molecular weight is 641 g/mol. The predicted molar refractivity (Wildman–Crippen MR) is 162 cm³/mol. The first-order chi connectivity index (χ1) is 20.8. The molecule has 254 valence electrons. The van der Waals surface area contributed by atoms with Crippen LogP contribution in [0.25, 0.3) is 0 Å². The van der Waals surface area contributed by atoms with Gasteiger partial charge in [0.1, 0.15) is 36.0 Å². The number of esters is 3. The van der Waals surface area contributed by atoms with E-state index in [4.69, 9.17) is 18.9 Å². The van der Waals surface area contributed by atoms with E-state index < -0.39 is 71.4 Å². The lowest BCUT2D eigenvalue weighted by Gasteiger charge is -2.27. The maximum absolute atomic E-state index is 13.3. The van der Waals surface area contributed by atoms with Crippen LogP contribution in [-0.4, -0.2) is 98.2 Å². The van der Waals surface area contributed by atoms with Gasteiger partial charge >= 0.3 is 24.0 Å². The lowest BCUT2D eigenvalue weighted by atomic mass is 9.98. The lowest BCUT2D eigenvalue weighted by molar-refractivity contribution is -0.151. The van der Waals surface area contributed by atoms with Crippen molar-refractivity contribution in [1.29, 1.82) is 0 Å². The predicted octanol–water partition coefficient (Wildman–Crippen LogP) is 1.36. The Morgan fingerprint density at radius 2 is 1.44 bits per heavy atom. The van der Waals surface area contributed by atoms with Crippen molar-refractivity contribution in [3.63, 3.8) is 0 Å². The molecule has 0 fully saturated rings. The molecule has 0 radical (unpaired) electrons. The Bertz CT molecular complexity index is 1130. The van der Waals surface area contributed by atoms with Gasteiger partial charge in [0.05, 0.1) is 20.1 Å². The molecule has 0 rings (SSSR count). The van der Waals surface area contributed by atoms with E-state index in [0.29, 0.717) is 0 Å². The smallest absolute Gasteiger partial charge is 0.408 e. The number of likely N-dealkylation sites (N-methyl/N-ethyl adjacent to an activating group) is 1. The highest BCUT2D eigenvalue weighted by molar-refractivity contribution is 6.00. The second kappa shape index (κ2) is 19.1. The topological polar surface area (TPSA) is 196 Å². The molecule has 45 heavy (non-hydrogen) atoms. The van der Waals surface area contributed by atoms with E-state index in [9.17, 15) is 33.6 Å². The Balaban J connectivity index is 5.72. The molecule has 0 aromatic rings. The first-order valence-corrected chi connectivity index (χ1v) is 14.3. The Morgan fingerprint density at radius 1 is 0.867 bits per heavy atom. The Hall–Kier alpha value is -4.43. The number of methoxy groups -OCH3 is 2. The number of carbonyl (C=O) groups excluding carboxylic acids is 7. The Kier molecular flexibility index (Phi) is 17.2. The maximum Gasteiger partial charge on any atom is 0.408 e. The maximum atomic E-state index is 13.3. The fraction of sp³-hybridized carbons (Fsp3) is 0.633. The normalized spacial score (nSPS) is 14.1. The molecule has 0 aromatic carbocycles. The molecule has 15 nitrogen and oxygen atoms in total. The van der Waals surface area contributed by atoms with Crippen molar-refractivity contribution in [2.75, 3.05) is 27.9 Å². The number of hydrogen-bond donors (Lipinski definition) is 3. The number of nitrogens with zero attached hydrogens (tertiary/aromatic N) is 1. The van der Waals surface area contributed by atoms with Gasteiger partial charge in [-0.1, -0.05) is 39.5 Å². The van der Waals surface area contributed by atoms with E-state index in [0.717, 1.165) is 19.1 Å². The van der Waals surface area contributed by atoms with Crippen LogP contribution in [0, 0.1) is 11.8 Å². The average Bonchev–Trinajstić information content (AvgIpc) is 2.96. The molecule has 0 aromatic heterocycles. The summed E-state index contributed by atoms with van der Waals surface area (Å²) >= 11 is 0. The van der Waals surface area contributed by atoms with E-state index in [1.54, 1.807) is 34.6 Å². The number of allylic oxidation sites excluding steroid dienone is 1. The summed E-state index contributed by atoms with van der Waals surface area (Å²) in [5.41, 5.74) is -1.01. The van der Waals surface area contributed by atoms with Crippen LogP contribution in [0.15, 0.2) is 24.4 Å². The summed E-state index contributed by atoms with van der Waals surface area (Å²) in [6, 6.07) is -3.75. The third kappa shape index (κ3) is 13.8. The molecule has 0 saturated carbocycles. The molecular weight excluding hydrogens is 592 g/mol. The molecule has 0 unspecified atom stereocenters. The standard InChI is InChI=1S/C30H48N4O11/c1-12-16-44-28(40)22(17(3)4)32-24(36)18(5)23(27(39)43-11)33-25(37)20(13-2)34(9)21(35)15-14-19(26(38)42-10)31-29(41)45-30(6,7)8/h12-13,17-19,22-23H,1,14-16H2,2-11H3,(H,31,41)(H,32,36)(H,33,37)/b20-13-/t18-,19+,22-,23+/m0/s1. The minimum atomic E-state index is -1.50. The largest absolute Gasteiger partial charge is 0.467 e. The zero-order valence-corrected chi connectivity index (χ0v) is 27.8. The first-order valence-electron chi connectivity index (χ1n) is 14.3. The van der Waals surface area contributed by atoms with Crippen LogP contribution in [0.4, 0.5) is 4.79 Å². The van der Waals surface area contributed by atoms with Gasteiger partial charge in [-0.25, -0.2) is 19.2 Å². The van der Waals surface area contributed by atoms with Gasteiger partial charge in [-0.05, 0) is 40.0 Å². The molecule has 0 saturated heterocycles. The number of nitrogens with one attached hydrogen (secondary N) is 3. The molecule has 3 N–H and O–H groups in total. The van der Waals surface area contributed by atoms with Crippen molar-refractivity contribution in [1.82, 2.24) is 20.9 Å². The summed E-state index contributed by atoms with van der Waals surface area (Å²) in [5, 5.41) is 7.34. The van der Waals surface area contributed by atoms with Gasteiger partial charge in [0, 0.05) is 13.5 Å². The van der Waals surface area contributed by atoms with Crippen LogP contribution in [-0.2, 0) is 47.7 Å². The number of hydrogen-bond acceptors (Lipinski definition) is 11. The molecule has 0 aliphatic carbocycles. The van der Waals surface area contributed by atoms with Crippen LogP contribution in [0.3, 0.4) is 0 Å². The van der Waals surface area contributed by atoms with Gasteiger partial charge in [-0.15, -0.1) is 0 Å². The zero-order valence-electron chi connectivity index (χ0n) is 27.8. The van der Waals surface area contributed by atoms with Crippen molar-refractivity contribution in [2.24, 2.45) is 11.8 Å². The number of carbonyl (C=O) groups is 7. The van der Waals surface area contributed by atoms with Gasteiger partial charge in [0.15, 0.2) is 0 Å². The lowest BCUT2D eigenvalue weighted by Crippen LogP contribution is -2.55. The molecule has 4 amide bonds. The highest BCUT2D eigenvalue weighted by Gasteiger charge is 2.37. The summed E-state index contributed by atoms with van der Waals surface area (Å²) in [7, 11) is 3.50. The second-order valence-electron chi connectivity index (χ2n) is 11.3. The first kappa shape index (κ1) is 40.6. The monoisotopic (exact) mass is 640 g/mol. The van der Waals surface area contributed by atoms with E-state index in [-0.39, 0.29) is 31.1 Å². The van der Waals surface area contributed by atoms with Gasteiger partial charge in [0.25, 0.3) is 5.91 Å². The van der Waals surface area contributed by atoms with Crippen LogP contribution in [0.5, 0.6) is 0 Å². The molecule has 15 heteroatoms. The molecule has 0 spiro atoms. The van der Waals surface area contributed by atoms with Gasteiger partial charge in [-0.3, -0.25) is 14.4 Å². The molecular formula is C30H48N4O11. The van der Waals surface area contributed by atoms with Crippen molar-refractivity contribution in [2.45, 2.75) is 85.0 Å². The third-order valence-electron chi connectivity index (χ3n) is 6.28. The Morgan fingerprint density at radius 3 is 1.91 bits per heavy atom. The quantitative estimate of drug-likeness (QED) is 0.0954. The molecule has 0 aliphatic rings. The second-order valence-corrected chi connectivity index (χ2v) is 11.3. The van der Waals surface area contributed by atoms with Crippen LogP contribution < -0.4 is 16.0 Å². The van der Waals surface area contributed by atoms with Crippen molar-refractivity contribution in [3.8, 4) is 0 Å². The van der Waals surface area contributed by atoms with E-state index >= 15 is 0 Å². The molecule has 0 aliphatic heterocycles. The number of ether oxygens (including phenoxy) is 4. The summed E-state index contributed by atoms with van der Waals surface area (Å²) in [6.07, 6.45) is 1.33. The van der Waals surface area contributed by atoms with Crippen molar-refractivity contribution < 1.29 is 52.5 Å². The minimum Gasteiger partial charge on any atom is -0.467 e. The SMILES string of the molecule is C=CCOC(=O)[C@@H](NC(=O)[C@@H](C)[C@@H](NC(=O)/C(=C/C)N(C)C(=O)CC[C@@H](NC(=O)OC(C)(C)C)C(=O)OC)C(=O)OC)C(C)C. The van der Waals surface area contributed by atoms with Crippen molar-refractivity contribution in [3.05, 3.63) is 24.4 Å². The fourth-order valence-corrected chi connectivity index (χ4v) is 3.78. The van der Waals surface area contributed by atoms with Crippen molar-refractivity contribution >= 4 is 41.7 Å². The number of rotatable bonds is 16. The number of amides is 4. The van der Waals surface area contributed by atoms with Gasteiger partial charge < -0.3 is 39.8 Å².